The Hall–Kier alpha value is -3.88. The Morgan fingerprint density at radius 3 is 2.83 bits per heavy atom. The Bertz CT molecular complexity index is 1430. The predicted octanol–water partition coefficient (Wildman–Crippen LogP) is 2.56. The number of nitrogen functional groups attached to an aromatic ring is 1. The summed E-state index contributed by atoms with van der Waals surface area (Å²) < 4.78 is 3.65. The van der Waals surface area contributed by atoms with Crippen LogP contribution in [0.25, 0.3) is 11.3 Å². The molecule has 4 atom stereocenters. The molecule has 1 aliphatic heterocycles. The molecule has 3 saturated carbocycles. The normalized spacial score (nSPS) is 27.8. The van der Waals surface area contributed by atoms with Gasteiger partial charge in [-0.3, -0.25) is 14.3 Å². The molecule has 9 nitrogen and oxygen atoms in total. The second-order valence-corrected chi connectivity index (χ2v) is 10.9. The number of amides is 2. The lowest BCUT2D eigenvalue weighted by atomic mass is 9.80. The van der Waals surface area contributed by atoms with E-state index in [2.05, 4.69) is 35.9 Å². The number of hydrogen-bond acceptors (Lipinski definition) is 5. The molecule has 2 aromatic heterocycles. The topological polar surface area (TPSA) is 125 Å². The molecule has 4 N–H and O–H groups in total. The van der Waals surface area contributed by atoms with Crippen LogP contribution in [0.1, 0.15) is 52.7 Å². The van der Waals surface area contributed by atoms with Crippen molar-refractivity contribution in [3.05, 3.63) is 66.0 Å². The first-order valence-corrected chi connectivity index (χ1v) is 12.6. The molecule has 7 rings (SSSR count). The summed E-state index contributed by atoms with van der Waals surface area (Å²) >= 11 is 0. The van der Waals surface area contributed by atoms with Crippen molar-refractivity contribution < 1.29 is 9.59 Å². The number of fused-ring (bicyclic) bond motifs is 1. The fourth-order valence-electron chi connectivity index (χ4n) is 6.95. The number of anilines is 1. The van der Waals surface area contributed by atoms with Crippen molar-refractivity contribution in [1.82, 2.24) is 24.5 Å². The fraction of sp³-hybridized carbons (Fsp3) is 0.407. The summed E-state index contributed by atoms with van der Waals surface area (Å²) in [5, 5.41) is 9.33. The number of likely N-dealkylation sites (tertiary alicyclic amines) is 1. The van der Waals surface area contributed by atoms with Crippen LogP contribution >= 0.6 is 0 Å². The fourth-order valence-corrected chi connectivity index (χ4v) is 6.95. The van der Waals surface area contributed by atoms with Crippen LogP contribution in [-0.4, -0.2) is 49.4 Å². The van der Waals surface area contributed by atoms with Crippen LogP contribution in [0, 0.1) is 17.3 Å². The van der Waals surface area contributed by atoms with Crippen LogP contribution < -0.4 is 11.5 Å². The van der Waals surface area contributed by atoms with Crippen LogP contribution in [0.15, 0.2) is 49.3 Å². The number of aromatic nitrogens is 4. The summed E-state index contributed by atoms with van der Waals surface area (Å²) in [5.74, 6) is 1.28. The third-order valence-corrected chi connectivity index (χ3v) is 8.88. The molecule has 4 aliphatic rings. The average molecular weight is 484 g/mol. The van der Waals surface area contributed by atoms with Crippen LogP contribution in [0.3, 0.4) is 0 Å². The molecular formula is C27H29N7O2. The Balaban J connectivity index is 1.13. The quantitative estimate of drug-likeness (QED) is 0.500. The van der Waals surface area contributed by atoms with E-state index in [4.69, 9.17) is 16.6 Å². The lowest BCUT2D eigenvalue weighted by Gasteiger charge is -2.37. The van der Waals surface area contributed by atoms with Gasteiger partial charge in [-0.25, -0.2) is 4.68 Å². The predicted molar refractivity (Wildman–Crippen MR) is 134 cm³/mol. The maximum atomic E-state index is 12.4. The van der Waals surface area contributed by atoms with Gasteiger partial charge in [-0.2, -0.15) is 10.2 Å². The lowest BCUT2D eigenvalue weighted by Crippen LogP contribution is -2.40. The Kier molecular flexibility index (Phi) is 4.35. The minimum Gasteiger partial charge on any atom is -0.383 e. The van der Waals surface area contributed by atoms with E-state index in [9.17, 15) is 9.59 Å². The maximum absolute atomic E-state index is 12.4. The highest BCUT2D eigenvalue weighted by Crippen LogP contribution is 2.79. The monoisotopic (exact) mass is 483 g/mol. The Morgan fingerprint density at radius 2 is 2.11 bits per heavy atom. The van der Waals surface area contributed by atoms with Gasteiger partial charge in [0.15, 0.2) is 0 Å². The van der Waals surface area contributed by atoms with E-state index < -0.39 is 5.91 Å². The van der Waals surface area contributed by atoms with Gasteiger partial charge in [0.1, 0.15) is 17.1 Å². The van der Waals surface area contributed by atoms with E-state index in [-0.39, 0.29) is 22.9 Å². The van der Waals surface area contributed by atoms with Crippen molar-refractivity contribution in [1.29, 1.82) is 0 Å². The summed E-state index contributed by atoms with van der Waals surface area (Å²) in [6, 6.07) is 8.77. The zero-order valence-electron chi connectivity index (χ0n) is 20.0. The molecule has 1 aromatic carbocycles. The minimum atomic E-state index is -0.591. The number of benzene rings is 1. The zero-order chi connectivity index (χ0) is 24.8. The summed E-state index contributed by atoms with van der Waals surface area (Å²) in [7, 11) is 0. The minimum absolute atomic E-state index is 0.00745. The summed E-state index contributed by atoms with van der Waals surface area (Å²) in [6.07, 6.45) is 8.43. The largest absolute Gasteiger partial charge is 0.383 e. The van der Waals surface area contributed by atoms with Crippen LogP contribution in [0.2, 0.25) is 0 Å². The second-order valence-electron chi connectivity index (χ2n) is 10.9. The number of piperidine rings is 1. The molecule has 3 aliphatic carbocycles. The van der Waals surface area contributed by atoms with Crippen molar-refractivity contribution in [2.24, 2.45) is 23.0 Å². The van der Waals surface area contributed by atoms with E-state index in [1.807, 2.05) is 15.8 Å². The van der Waals surface area contributed by atoms with E-state index in [1.165, 1.54) is 30.0 Å². The molecule has 1 spiro atoms. The third-order valence-electron chi connectivity index (χ3n) is 8.88. The SMILES string of the molecule is C=CC(=O)N1CC2C3[C@H](n4nc(-c5cnn(Cc6cccc(C7CC7)c6)c5)c(C(N)=O)c4N)C[C@]23C1. The van der Waals surface area contributed by atoms with Crippen LogP contribution in [-0.2, 0) is 11.3 Å². The standard InChI is InChI=1S/C27H29N7O2/c1-2-21(35)32-13-19-23-20(9-27(19,23)14-32)34-25(28)22(26(29)36)24(31-34)18-10-30-33(12-18)11-15-4-3-5-17(8-15)16-6-7-16/h2-5,8,10,12,16,19-20,23H,1,6-7,9,11,13-14,28H2,(H2,29,36)/t19?,20-,23?,27+/m1/s1. The highest BCUT2D eigenvalue weighted by atomic mass is 16.2. The lowest BCUT2D eigenvalue weighted by molar-refractivity contribution is -0.126. The van der Waals surface area contributed by atoms with Crippen molar-refractivity contribution in [2.75, 3.05) is 18.8 Å². The molecule has 9 heteroatoms. The van der Waals surface area contributed by atoms with Crippen LogP contribution in [0.5, 0.6) is 0 Å². The molecule has 184 valence electrons. The summed E-state index contributed by atoms with van der Waals surface area (Å²) in [5.41, 5.74) is 16.4. The van der Waals surface area contributed by atoms with Gasteiger partial charge in [-0.15, -0.1) is 0 Å². The molecule has 2 unspecified atom stereocenters. The number of hydrogen-bond donors (Lipinski definition) is 2. The molecule has 1 saturated heterocycles. The molecule has 3 aromatic rings. The van der Waals surface area contributed by atoms with Crippen molar-refractivity contribution in [3.8, 4) is 11.3 Å². The van der Waals surface area contributed by atoms with E-state index in [1.54, 1.807) is 10.9 Å². The number of primary amides is 1. The maximum Gasteiger partial charge on any atom is 0.254 e. The first kappa shape index (κ1) is 21.4. The van der Waals surface area contributed by atoms with Crippen molar-refractivity contribution in [2.45, 2.75) is 37.8 Å². The number of nitrogens with two attached hydrogens (primary N) is 2. The molecular weight excluding hydrogens is 454 g/mol. The molecule has 3 heterocycles. The Morgan fingerprint density at radius 1 is 1.28 bits per heavy atom. The summed E-state index contributed by atoms with van der Waals surface area (Å²) in [6.45, 7) is 5.75. The van der Waals surface area contributed by atoms with Gasteiger partial charge in [0.2, 0.25) is 5.91 Å². The molecule has 4 fully saturated rings. The number of rotatable bonds is 7. The van der Waals surface area contributed by atoms with Gasteiger partial charge >= 0.3 is 0 Å². The van der Waals surface area contributed by atoms with Gasteiger partial charge in [-0.05, 0) is 54.2 Å². The third kappa shape index (κ3) is 3.01. The van der Waals surface area contributed by atoms with Gasteiger partial charge in [-0.1, -0.05) is 30.8 Å². The average Bonchev–Trinajstić information content (AvgIpc) is 3.56. The second kappa shape index (κ2) is 7.32. The first-order chi connectivity index (χ1) is 17.4. The molecule has 0 bridgehead atoms. The number of carbonyl (C=O) groups is 2. The number of nitrogens with zero attached hydrogens (tertiary/aromatic N) is 5. The summed E-state index contributed by atoms with van der Waals surface area (Å²) in [4.78, 5) is 26.3. The smallest absolute Gasteiger partial charge is 0.254 e. The highest BCUT2D eigenvalue weighted by molar-refractivity contribution is 6.03. The molecule has 2 amide bonds. The van der Waals surface area contributed by atoms with Crippen molar-refractivity contribution in [3.63, 3.8) is 0 Å². The van der Waals surface area contributed by atoms with Gasteiger partial charge < -0.3 is 16.4 Å². The zero-order valence-corrected chi connectivity index (χ0v) is 20.0. The van der Waals surface area contributed by atoms with E-state index in [0.29, 0.717) is 35.8 Å². The molecule has 36 heavy (non-hydrogen) atoms. The van der Waals surface area contributed by atoms with Crippen LogP contribution in [0.4, 0.5) is 5.82 Å². The Labute approximate surface area is 208 Å². The van der Waals surface area contributed by atoms with E-state index in [0.717, 1.165) is 25.1 Å². The highest BCUT2D eigenvalue weighted by Gasteiger charge is 2.79. The first-order valence-electron chi connectivity index (χ1n) is 12.6. The van der Waals surface area contributed by atoms with E-state index >= 15 is 0 Å². The number of carbonyl (C=O) groups excluding carboxylic acids is 2. The van der Waals surface area contributed by atoms with Crippen molar-refractivity contribution >= 4 is 17.6 Å². The van der Waals surface area contributed by atoms with Gasteiger partial charge in [0.05, 0.1) is 18.8 Å². The molecule has 0 radical (unpaired) electrons. The van der Waals surface area contributed by atoms with Gasteiger partial charge in [0, 0.05) is 30.3 Å². The van der Waals surface area contributed by atoms with Gasteiger partial charge in [0.25, 0.3) is 5.91 Å².